The van der Waals surface area contributed by atoms with Crippen molar-refractivity contribution in [3.63, 3.8) is 0 Å². The molecule has 1 aliphatic heterocycles. The van der Waals surface area contributed by atoms with Crippen molar-refractivity contribution in [2.75, 3.05) is 0 Å². The van der Waals surface area contributed by atoms with Gasteiger partial charge in [-0.3, -0.25) is 0 Å². The van der Waals surface area contributed by atoms with Gasteiger partial charge in [-0.15, -0.1) is 0 Å². The number of hydrogen-bond donors (Lipinski definition) is 0. The molecule has 0 saturated carbocycles. The van der Waals surface area contributed by atoms with E-state index >= 15 is 0 Å². The van der Waals surface area contributed by atoms with Crippen LogP contribution in [0.4, 0.5) is 0 Å². The van der Waals surface area contributed by atoms with Crippen LogP contribution >= 0.6 is 17.0 Å². The van der Waals surface area contributed by atoms with E-state index in [1.807, 2.05) is 0 Å². The molecule has 0 radical (unpaired) electrons. The molecular weight excluding hydrogens is 647 g/mol. The fourth-order valence-electron chi connectivity index (χ4n) is 7.12. The van der Waals surface area contributed by atoms with Crippen LogP contribution in [0.2, 0.25) is 0 Å². The second kappa shape index (κ2) is 10.6. The van der Waals surface area contributed by atoms with E-state index < -0.39 is 27.4 Å². The maximum atomic E-state index is 7.97. The van der Waals surface area contributed by atoms with Crippen molar-refractivity contribution in [2.45, 2.75) is 31.3 Å². The van der Waals surface area contributed by atoms with Crippen molar-refractivity contribution in [1.29, 1.82) is 0 Å². The van der Waals surface area contributed by atoms with E-state index in [0.717, 1.165) is 0 Å². The van der Waals surface area contributed by atoms with Crippen molar-refractivity contribution >= 4 is 46.3 Å². The summed E-state index contributed by atoms with van der Waals surface area (Å²) >= 11 is -4.10. The van der Waals surface area contributed by atoms with Crippen molar-refractivity contribution in [1.82, 2.24) is 0 Å². The van der Waals surface area contributed by atoms with Gasteiger partial charge in [-0.2, -0.15) is 0 Å². The van der Waals surface area contributed by atoms with E-state index in [4.69, 9.17) is 17.0 Å². The van der Waals surface area contributed by atoms with Gasteiger partial charge in [-0.1, -0.05) is 0 Å². The topological polar surface area (TPSA) is 0 Å². The summed E-state index contributed by atoms with van der Waals surface area (Å²) in [6.07, 6.45) is 2.46. The predicted octanol–water partition coefficient (Wildman–Crippen LogP) is 8.70. The summed E-state index contributed by atoms with van der Waals surface area (Å²) < 4.78 is 1.32. The molecule has 42 heavy (non-hydrogen) atoms. The molecule has 208 valence electrons. The van der Waals surface area contributed by atoms with Crippen LogP contribution in [0.5, 0.6) is 0 Å². The van der Waals surface area contributed by atoms with Crippen LogP contribution in [-0.2, 0) is 17.9 Å². The third-order valence-corrected chi connectivity index (χ3v) is 23.3. The zero-order valence-electron chi connectivity index (χ0n) is 24.5. The summed E-state index contributed by atoms with van der Waals surface area (Å²) in [5, 5.41) is 2.98. The second-order valence-electron chi connectivity index (χ2n) is 12.7. The molecule has 0 spiro atoms. The SMILES string of the molecule is Cc1ccccc1-c1c(-c2ccccc2)ccc2c1C=C(C(C)(C)C)[CH]2[Zr]([Cl])([Cl])[c]1cccc2c1[SiH2]c1ccccc1-2. The van der Waals surface area contributed by atoms with Crippen molar-refractivity contribution in [2.24, 2.45) is 5.41 Å². The molecule has 1 heterocycles. The van der Waals surface area contributed by atoms with E-state index in [1.54, 1.807) is 0 Å². The third-order valence-electron chi connectivity index (χ3n) is 9.14. The van der Waals surface area contributed by atoms with Gasteiger partial charge < -0.3 is 0 Å². The van der Waals surface area contributed by atoms with Crippen LogP contribution in [0.3, 0.4) is 0 Å². The number of halogens is 2. The fourth-order valence-corrected chi connectivity index (χ4v) is 24.2. The predicted molar refractivity (Wildman–Crippen MR) is 183 cm³/mol. The van der Waals surface area contributed by atoms with Gasteiger partial charge in [0.05, 0.1) is 0 Å². The first-order valence-corrected chi connectivity index (χ1v) is 25.1. The zero-order valence-corrected chi connectivity index (χ0v) is 29.9. The first kappa shape index (κ1) is 28.3. The molecule has 0 amide bonds. The van der Waals surface area contributed by atoms with Gasteiger partial charge in [0.15, 0.2) is 0 Å². The van der Waals surface area contributed by atoms with Gasteiger partial charge in [0.1, 0.15) is 0 Å². The second-order valence-corrected chi connectivity index (χ2v) is 28.6. The molecule has 2 aliphatic rings. The van der Waals surface area contributed by atoms with Gasteiger partial charge in [-0.05, 0) is 0 Å². The molecule has 5 aromatic rings. The monoisotopic (exact) mass is 678 g/mol. The van der Waals surface area contributed by atoms with Crippen molar-refractivity contribution < 1.29 is 17.9 Å². The quantitative estimate of drug-likeness (QED) is 0.164. The molecule has 1 aliphatic carbocycles. The maximum absolute atomic E-state index is 7.97. The van der Waals surface area contributed by atoms with Gasteiger partial charge >= 0.3 is 266 Å². The molecular formula is C38H34Cl2SiZr. The van der Waals surface area contributed by atoms with Crippen LogP contribution in [-0.4, -0.2) is 9.52 Å². The Kier molecular flexibility index (Phi) is 7.14. The Balaban J connectivity index is 1.48. The molecule has 4 heteroatoms. The van der Waals surface area contributed by atoms with Gasteiger partial charge in [-0.25, -0.2) is 0 Å². The van der Waals surface area contributed by atoms with E-state index in [9.17, 15) is 0 Å². The molecule has 0 N–H and O–H groups in total. The van der Waals surface area contributed by atoms with Crippen molar-refractivity contribution in [3.05, 3.63) is 131 Å². The Morgan fingerprint density at radius 1 is 0.667 bits per heavy atom. The molecule has 0 nitrogen and oxygen atoms in total. The fraction of sp³-hybridized carbons (Fsp3) is 0.158. The number of allylic oxidation sites excluding steroid dienone is 1. The van der Waals surface area contributed by atoms with Crippen LogP contribution < -0.4 is 13.6 Å². The van der Waals surface area contributed by atoms with Crippen LogP contribution in [0.15, 0.2) is 115 Å². The summed E-state index contributed by atoms with van der Waals surface area (Å²) in [4.78, 5) is 0. The van der Waals surface area contributed by atoms with E-state index in [-0.39, 0.29) is 9.04 Å². The first-order valence-electron chi connectivity index (χ1n) is 14.7. The number of benzene rings is 5. The Morgan fingerprint density at radius 2 is 1.33 bits per heavy atom. The minimum atomic E-state index is -4.10. The molecule has 7 rings (SSSR count). The normalized spacial score (nSPS) is 16.2. The van der Waals surface area contributed by atoms with Crippen LogP contribution in [0, 0.1) is 12.3 Å². The first-order chi connectivity index (χ1) is 20.2. The number of aryl methyl sites for hydroxylation is 1. The molecule has 0 aromatic heterocycles. The number of fused-ring (bicyclic) bond motifs is 4. The van der Waals surface area contributed by atoms with E-state index in [0.29, 0.717) is 0 Å². The Morgan fingerprint density at radius 3 is 2.07 bits per heavy atom. The number of rotatable bonds is 4. The third kappa shape index (κ3) is 4.58. The van der Waals surface area contributed by atoms with Crippen LogP contribution in [0.1, 0.15) is 41.1 Å². The molecule has 1 unspecified atom stereocenters. The van der Waals surface area contributed by atoms with Gasteiger partial charge in [0.2, 0.25) is 0 Å². The van der Waals surface area contributed by atoms with Crippen LogP contribution in [0.25, 0.3) is 39.5 Å². The Bertz CT molecular complexity index is 1880. The summed E-state index contributed by atoms with van der Waals surface area (Å²) in [5.74, 6) is 0. The summed E-state index contributed by atoms with van der Waals surface area (Å²) in [7, 11) is 15.3. The average molecular weight is 681 g/mol. The van der Waals surface area contributed by atoms with E-state index in [2.05, 4.69) is 143 Å². The Hall–Kier alpha value is -2.48. The Labute approximate surface area is 263 Å². The molecule has 0 bridgehead atoms. The number of hydrogen-bond acceptors (Lipinski definition) is 0. The minimum absolute atomic E-state index is 0.0365. The van der Waals surface area contributed by atoms with E-state index in [1.165, 1.54) is 69.3 Å². The molecule has 0 saturated heterocycles. The van der Waals surface area contributed by atoms with Gasteiger partial charge in [0, 0.05) is 0 Å². The standard InChI is InChI=1S/C26H25.C12H9Si.2ClH.Zr/c1-18-10-8-9-13-22(18)25-23(19-11-6-5-7-12-19)15-14-20-16-21(17-24(20)25)26(2,3)4;1-3-7-11-9(5-1)10-6-2-4-8-12(10)13-11;;;/h5-17H,1-4H3;1-7H,13H2;2*1H;/q;;;;+2/p-2. The summed E-state index contributed by atoms with van der Waals surface area (Å²) in [6.45, 7) is 9.17. The molecule has 0 fully saturated rings. The zero-order chi connectivity index (χ0) is 29.2. The van der Waals surface area contributed by atoms with Crippen molar-refractivity contribution in [3.8, 4) is 33.4 Å². The summed E-state index contributed by atoms with van der Waals surface area (Å²) in [6, 6.07) is 39.8. The molecule has 5 aromatic carbocycles. The average Bonchev–Trinajstić information content (AvgIpc) is 3.57. The summed E-state index contributed by atoms with van der Waals surface area (Å²) in [5.41, 5.74) is 12.9. The molecule has 1 atom stereocenters. The van der Waals surface area contributed by atoms with Gasteiger partial charge in [0.25, 0.3) is 0 Å².